The maximum absolute atomic E-state index is 11.7. The van der Waals surface area contributed by atoms with Crippen molar-refractivity contribution < 1.29 is 4.92 Å². The van der Waals surface area contributed by atoms with Crippen molar-refractivity contribution in [2.75, 3.05) is 0 Å². The van der Waals surface area contributed by atoms with Crippen molar-refractivity contribution in [2.24, 2.45) is 4.99 Å². The maximum Gasteiger partial charge on any atom is 0.325 e. The van der Waals surface area contributed by atoms with E-state index in [0.29, 0.717) is 18.8 Å². The Balaban J connectivity index is 2.47. The normalized spacial score (nSPS) is 12.0. The average molecular weight is 382 g/mol. The molecule has 0 aliphatic heterocycles. The second-order valence-corrected chi connectivity index (χ2v) is 6.13. The van der Waals surface area contributed by atoms with Gasteiger partial charge in [-0.3, -0.25) is 10.1 Å². The molecule has 0 unspecified atom stereocenters. The first-order chi connectivity index (χ1) is 13.0. The highest BCUT2D eigenvalue weighted by molar-refractivity contribution is 6.69. The van der Waals surface area contributed by atoms with Gasteiger partial charge in [-0.05, 0) is 18.1 Å². The summed E-state index contributed by atoms with van der Waals surface area (Å²) in [7, 11) is 0. The molecule has 138 valence electrons. The number of hydrogen-bond acceptors (Lipinski definition) is 4. The fourth-order valence-electron chi connectivity index (χ4n) is 2.57. The minimum Gasteiger partial charge on any atom is -0.361 e. The Labute approximate surface area is 163 Å². The molecule has 27 heavy (non-hydrogen) atoms. The summed E-state index contributed by atoms with van der Waals surface area (Å²) in [5.74, 6) is 0. The number of benzene rings is 2. The molecule has 2 aromatic rings. The van der Waals surface area contributed by atoms with Crippen molar-refractivity contribution in [3.63, 3.8) is 0 Å². The first-order valence-electron chi connectivity index (χ1n) is 8.29. The van der Waals surface area contributed by atoms with Crippen molar-refractivity contribution in [1.82, 2.24) is 4.90 Å². The Kier molecular flexibility index (Phi) is 7.56. The van der Waals surface area contributed by atoms with Crippen LogP contribution in [-0.4, -0.2) is 15.0 Å². The number of nitro groups is 1. The summed E-state index contributed by atoms with van der Waals surface area (Å²) in [6.07, 6.45) is 1.21. The van der Waals surface area contributed by atoms with Crippen molar-refractivity contribution in [2.45, 2.75) is 20.0 Å². The molecular formula is C21H20ClN3O2. The molecule has 0 atom stereocenters. The molecule has 0 bridgehead atoms. The van der Waals surface area contributed by atoms with Gasteiger partial charge in [-0.2, -0.15) is 0 Å². The third kappa shape index (κ3) is 5.96. The topological polar surface area (TPSA) is 58.7 Å². The van der Waals surface area contributed by atoms with E-state index in [-0.39, 0.29) is 10.9 Å². The summed E-state index contributed by atoms with van der Waals surface area (Å²) in [5, 5.41) is 11.5. The molecule has 0 saturated heterocycles. The Morgan fingerprint density at radius 1 is 1.15 bits per heavy atom. The van der Waals surface area contributed by atoms with Gasteiger partial charge in [0.1, 0.15) is 0 Å². The van der Waals surface area contributed by atoms with Crippen LogP contribution in [0.25, 0.3) is 0 Å². The largest absolute Gasteiger partial charge is 0.361 e. The highest BCUT2D eigenvalue weighted by Crippen LogP contribution is 2.21. The molecule has 2 rings (SSSR count). The van der Waals surface area contributed by atoms with Crippen LogP contribution in [0.15, 0.2) is 95.6 Å². The van der Waals surface area contributed by atoms with E-state index in [9.17, 15) is 10.1 Å². The van der Waals surface area contributed by atoms with Crippen LogP contribution in [0.5, 0.6) is 0 Å². The fraction of sp³-hybridized carbons (Fsp3) is 0.143. The highest BCUT2D eigenvalue weighted by Gasteiger charge is 2.25. The van der Waals surface area contributed by atoms with Crippen molar-refractivity contribution >= 4 is 16.8 Å². The molecule has 2 aromatic carbocycles. The van der Waals surface area contributed by atoms with Gasteiger partial charge in [0, 0.05) is 13.1 Å². The molecule has 6 heteroatoms. The van der Waals surface area contributed by atoms with Crippen molar-refractivity contribution in [3.05, 3.63) is 112 Å². The molecule has 0 fully saturated rings. The summed E-state index contributed by atoms with van der Waals surface area (Å²) in [5.41, 5.74) is 4.70. The third-order valence-electron chi connectivity index (χ3n) is 3.90. The van der Waals surface area contributed by atoms with Gasteiger partial charge in [0.15, 0.2) is 0 Å². The van der Waals surface area contributed by atoms with Crippen LogP contribution in [0, 0.1) is 10.1 Å². The van der Waals surface area contributed by atoms with Gasteiger partial charge in [-0.25, -0.2) is 4.99 Å². The zero-order valence-electron chi connectivity index (χ0n) is 15.0. The lowest BCUT2D eigenvalue weighted by atomic mass is 10.1. The average Bonchev–Trinajstić information content (AvgIpc) is 2.67. The van der Waals surface area contributed by atoms with Gasteiger partial charge in [0.2, 0.25) is 5.17 Å². The van der Waals surface area contributed by atoms with Crippen LogP contribution in [0.2, 0.25) is 0 Å². The second-order valence-electron chi connectivity index (χ2n) is 5.77. The van der Waals surface area contributed by atoms with Gasteiger partial charge in [-0.1, -0.05) is 78.8 Å². The zero-order valence-corrected chi connectivity index (χ0v) is 15.8. The molecular weight excluding hydrogens is 362 g/mol. The molecule has 0 radical (unpaired) electrons. The lowest BCUT2D eigenvalue weighted by Crippen LogP contribution is -2.25. The number of halogens is 1. The van der Waals surface area contributed by atoms with Gasteiger partial charge < -0.3 is 4.90 Å². The smallest absolute Gasteiger partial charge is 0.325 e. The summed E-state index contributed by atoms with van der Waals surface area (Å²) in [6.45, 7) is 6.07. The van der Waals surface area contributed by atoms with Gasteiger partial charge in [0.05, 0.1) is 16.8 Å². The lowest BCUT2D eigenvalue weighted by molar-refractivity contribution is -0.416. The second kappa shape index (κ2) is 10.1. The van der Waals surface area contributed by atoms with E-state index in [1.807, 2.05) is 65.6 Å². The molecule has 0 saturated carbocycles. The van der Waals surface area contributed by atoms with E-state index >= 15 is 0 Å². The van der Waals surface area contributed by atoms with E-state index in [1.165, 1.54) is 6.20 Å². The van der Waals surface area contributed by atoms with E-state index in [4.69, 9.17) is 11.6 Å². The Bertz CT molecular complexity index is 845. The van der Waals surface area contributed by atoms with E-state index < -0.39 is 4.92 Å². The van der Waals surface area contributed by atoms with E-state index in [2.05, 4.69) is 17.3 Å². The monoisotopic (exact) mass is 381 g/mol. The summed E-state index contributed by atoms with van der Waals surface area (Å²) >= 11 is 6.09. The van der Waals surface area contributed by atoms with Crippen molar-refractivity contribution in [1.29, 1.82) is 0 Å². The summed E-state index contributed by atoms with van der Waals surface area (Å²) in [6, 6.07) is 19.5. The van der Waals surface area contributed by atoms with Crippen molar-refractivity contribution in [3.8, 4) is 0 Å². The Morgan fingerprint density at radius 2 is 1.63 bits per heavy atom. The van der Waals surface area contributed by atoms with E-state index in [1.54, 1.807) is 6.92 Å². The van der Waals surface area contributed by atoms with Crippen LogP contribution in [-0.2, 0) is 13.1 Å². The molecule has 0 aliphatic rings. The Hall–Kier alpha value is -3.14. The predicted molar refractivity (Wildman–Crippen MR) is 109 cm³/mol. The first kappa shape index (κ1) is 20.2. The predicted octanol–water partition coefficient (Wildman–Crippen LogP) is 5.13. The molecule has 5 nitrogen and oxygen atoms in total. The molecule has 0 aromatic heterocycles. The Morgan fingerprint density at radius 3 is 2.04 bits per heavy atom. The molecule has 0 N–H and O–H groups in total. The standard InChI is InChI=1S/C21H20ClN3O2/c1-3-14-23-21(22)20(25(26)27)17(2)24(15-18-10-6-4-7-11-18)16-19-12-8-5-9-13-19/h4-14H,1,15-16H2,2H3/b20-17-,23-21+. The summed E-state index contributed by atoms with van der Waals surface area (Å²) in [4.78, 5) is 16.9. The molecule has 0 amide bonds. The number of rotatable bonds is 8. The van der Waals surface area contributed by atoms with Crippen LogP contribution in [0.3, 0.4) is 0 Å². The molecule has 0 heterocycles. The maximum atomic E-state index is 11.7. The van der Waals surface area contributed by atoms with Crippen LogP contribution < -0.4 is 0 Å². The SMILES string of the molecule is C=C=C/N=C(Cl)\C(=C(/C)N(Cc1ccccc1)Cc1ccccc1)[N+](=O)[O-]. The quantitative estimate of drug-likeness (QED) is 0.275. The number of nitrogens with zero attached hydrogens (tertiary/aromatic N) is 3. The lowest BCUT2D eigenvalue weighted by Gasteiger charge is -2.25. The zero-order chi connectivity index (χ0) is 19.6. The van der Waals surface area contributed by atoms with Crippen LogP contribution in [0.1, 0.15) is 18.1 Å². The number of hydrogen-bond donors (Lipinski definition) is 0. The minimum absolute atomic E-state index is 0.209. The summed E-state index contributed by atoms with van der Waals surface area (Å²) < 4.78 is 0. The third-order valence-corrected chi connectivity index (χ3v) is 4.17. The van der Waals surface area contributed by atoms with Crippen LogP contribution in [0.4, 0.5) is 0 Å². The number of aliphatic imine (C=N–C) groups is 1. The molecule has 0 aliphatic carbocycles. The highest BCUT2D eigenvalue weighted by atomic mass is 35.5. The van der Waals surface area contributed by atoms with Gasteiger partial charge in [0.25, 0.3) is 0 Å². The first-order valence-corrected chi connectivity index (χ1v) is 8.66. The fourth-order valence-corrected chi connectivity index (χ4v) is 2.83. The van der Waals surface area contributed by atoms with Gasteiger partial charge in [-0.15, -0.1) is 5.73 Å². The minimum atomic E-state index is -0.513. The van der Waals surface area contributed by atoms with Crippen LogP contribution >= 0.6 is 11.6 Å². The molecule has 0 spiro atoms. The van der Waals surface area contributed by atoms with E-state index in [0.717, 1.165) is 11.1 Å². The number of allylic oxidation sites excluding steroid dienone is 2. The van der Waals surface area contributed by atoms with Gasteiger partial charge >= 0.3 is 5.70 Å².